The first kappa shape index (κ1) is 17.4. The van der Waals surface area contributed by atoms with Crippen LogP contribution in [0, 0.1) is 0 Å². The lowest BCUT2D eigenvalue weighted by atomic mass is 10.2. The fourth-order valence-corrected chi connectivity index (χ4v) is 2.41. The minimum Gasteiger partial charge on any atom is -0.495 e. The summed E-state index contributed by atoms with van der Waals surface area (Å²) in [5, 5.41) is 6.95. The number of nitrogens with zero attached hydrogens (tertiary/aromatic N) is 1. The van der Waals surface area contributed by atoms with Crippen LogP contribution in [0.4, 0.5) is 5.69 Å². The van der Waals surface area contributed by atoms with Crippen LogP contribution in [0.1, 0.15) is 5.56 Å². The first-order valence-corrected chi connectivity index (χ1v) is 7.87. The Morgan fingerprint density at radius 1 is 1.19 bits per heavy atom. The summed E-state index contributed by atoms with van der Waals surface area (Å²) in [4.78, 5) is 11.9. The van der Waals surface area contributed by atoms with Crippen LogP contribution in [0.15, 0.2) is 41.5 Å². The van der Waals surface area contributed by atoms with Crippen LogP contribution in [0.25, 0.3) is 0 Å². The van der Waals surface area contributed by atoms with Crippen LogP contribution < -0.4 is 29.7 Å². The number of carbonyl (C=O) groups is 1. The SMILES string of the molecule is COc1ccccc1NCC(=O)N/N=C\c1cc(OC)c2c(c1)OCO2. The summed E-state index contributed by atoms with van der Waals surface area (Å²) >= 11 is 0. The highest BCUT2D eigenvalue weighted by atomic mass is 16.7. The molecule has 26 heavy (non-hydrogen) atoms. The lowest BCUT2D eigenvalue weighted by Crippen LogP contribution is -2.26. The Bertz CT molecular complexity index is 822. The number of methoxy groups -OCH3 is 2. The van der Waals surface area contributed by atoms with Crippen LogP contribution >= 0.6 is 0 Å². The molecule has 2 N–H and O–H groups in total. The molecule has 2 aromatic rings. The molecule has 0 saturated heterocycles. The number of fused-ring (bicyclic) bond motifs is 1. The van der Waals surface area contributed by atoms with Crippen LogP contribution in [0.3, 0.4) is 0 Å². The van der Waals surface area contributed by atoms with Crippen molar-refractivity contribution in [1.29, 1.82) is 0 Å². The van der Waals surface area contributed by atoms with E-state index in [0.29, 0.717) is 28.6 Å². The van der Waals surface area contributed by atoms with Crippen molar-refractivity contribution in [2.24, 2.45) is 5.10 Å². The number of hydrazone groups is 1. The molecule has 0 unspecified atom stereocenters. The van der Waals surface area contributed by atoms with Gasteiger partial charge in [0.25, 0.3) is 5.91 Å². The van der Waals surface area contributed by atoms with Crippen molar-refractivity contribution >= 4 is 17.8 Å². The standard InChI is InChI=1S/C18H19N3O5/c1-23-14-6-4-3-5-13(14)19-10-17(22)21-20-9-12-7-15(24-2)18-16(8-12)25-11-26-18/h3-9,19H,10-11H2,1-2H3,(H,21,22)/b20-9-. The number of amides is 1. The van der Waals surface area contributed by atoms with E-state index in [1.165, 1.54) is 6.21 Å². The summed E-state index contributed by atoms with van der Waals surface area (Å²) in [5.41, 5.74) is 3.90. The Balaban J connectivity index is 1.56. The molecular weight excluding hydrogens is 338 g/mol. The quantitative estimate of drug-likeness (QED) is 0.582. The molecule has 0 saturated carbocycles. The van der Waals surface area contributed by atoms with Gasteiger partial charge in [0.05, 0.1) is 32.7 Å². The largest absolute Gasteiger partial charge is 0.495 e. The second-order valence-electron chi connectivity index (χ2n) is 5.30. The third kappa shape index (κ3) is 3.97. The van der Waals surface area contributed by atoms with Gasteiger partial charge in [0.15, 0.2) is 11.5 Å². The number of hydrogen-bond donors (Lipinski definition) is 2. The smallest absolute Gasteiger partial charge is 0.259 e. The zero-order chi connectivity index (χ0) is 18.4. The highest BCUT2D eigenvalue weighted by Gasteiger charge is 2.19. The average molecular weight is 357 g/mol. The molecule has 0 aromatic heterocycles. The summed E-state index contributed by atoms with van der Waals surface area (Å²) in [6.07, 6.45) is 1.51. The maximum Gasteiger partial charge on any atom is 0.259 e. The molecule has 8 heteroatoms. The molecule has 0 atom stereocenters. The second-order valence-corrected chi connectivity index (χ2v) is 5.30. The van der Waals surface area contributed by atoms with Gasteiger partial charge in [-0.25, -0.2) is 5.43 Å². The molecule has 2 aromatic carbocycles. The van der Waals surface area contributed by atoms with Gasteiger partial charge in [0.1, 0.15) is 5.75 Å². The van der Waals surface area contributed by atoms with Crippen LogP contribution in [0.5, 0.6) is 23.0 Å². The van der Waals surface area contributed by atoms with E-state index >= 15 is 0 Å². The van der Waals surface area contributed by atoms with Crippen molar-refractivity contribution in [1.82, 2.24) is 5.43 Å². The Kier molecular flexibility index (Phi) is 5.43. The van der Waals surface area contributed by atoms with Gasteiger partial charge >= 0.3 is 0 Å². The number of nitrogens with one attached hydrogen (secondary N) is 2. The minimum atomic E-state index is -0.292. The highest BCUT2D eigenvalue weighted by molar-refractivity contribution is 5.85. The molecule has 1 aliphatic rings. The maximum atomic E-state index is 11.9. The molecule has 0 radical (unpaired) electrons. The average Bonchev–Trinajstić information content (AvgIpc) is 3.14. The minimum absolute atomic E-state index is 0.0577. The lowest BCUT2D eigenvalue weighted by Gasteiger charge is -2.09. The Hall–Kier alpha value is -3.42. The third-order valence-corrected chi connectivity index (χ3v) is 3.63. The van der Waals surface area contributed by atoms with Gasteiger partial charge in [-0.15, -0.1) is 0 Å². The molecule has 8 nitrogen and oxygen atoms in total. The molecule has 1 heterocycles. The van der Waals surface area contributed by atoms with Gasteiger partial charge in [-0.05, 0) is 24.3 Å². The predicted octanol–water partition coefficient (Wildman–Crippen LogP) is 1.99. The van der Waals surface area contributed by atoms with E-state index in [2.05, 4.69) is 15.8 Å². The summed E-state index contributed by atoms with van der Waals surface area (Å²) in [6, 6.07) is 10.9. The second kappa shape index (κ2) is 8.11. The number of benzene rings is 2. The van der Waals surface area contributed by atoms with Crippen molar-refractivity contribution in [2.45, 2.75) is 0 Å². The normalized spacial score (nSPS) is 12.1. The summed E-state index contributed by atoms with van der Waals surface area (Å²) in [6.45, 7) is 0.208. The molecular formula is C18H19N3O5. The van der Waals surface area contributed by atoms with E-state index < -0.39 is 0 Å². The van der Waals surface area contributed by atoms with E-state index in [1.54, 1.807) is 26.4 Å². The van der Waals surface area contributed by atoms with Gasteiger partial charge < -0.3 is 24.3 Å². The molecule has 1 amide bonds. The van der Waals surface area contributed by atoms with E-state index in [4.69, 9.17) is 18.9 Å². The summed E-state index contributed by atoms with van der Waals surface area (Å²) < 4.78 is 21.2. The molecule has 0 fully saturated rings. The van der Waals surface area contributed by atoms with E-state index in [-0.39, 0.29) is 19.2 Å². The van der Waals surface area contributed by atoms with E-state index in [0.717, 1.165) is 5.69 Å². The Labute approximate surface area is 150 Å². The van der Waals surface area contributed by atoms with Crippen molar-refractivity contribution in [2.75, 3.05) is 32.9 Å². The number of para-hydroxylation sites is 2. The topological polar surface area (TPSA) is 90.4 Å². The highest BCUT2D eigenvalue weighted by Crippen LogP contribution is 2.41. The number of anilines is 1. The van der Waals surface area contributed by atoms with Gasteiger partial charge in [0, 0.05) is 5.56 Å². The van der Waals surface area contributed by atoms with Gasteiger partial charge in [-0.3, -0.25) is 4.79 Å². The summed E-state index contributed by atoms with van der Waals surface area (Å²) in [7, 11) is 3.12. The van der Waals surface area contributed by atoms with Crippen LogP contribution in [-0.2, 0) is 4.79 Å². The van der Waals surface area contributed by atoms with Crippen LogP contribution in [-0.4, -0.2) is 39.7 Å². The number of rotatable bonds is 7. The first-order chi connectivity index (χ1) is 12.7. The van der Waals surface area contributed by atoms with Crippen LogP contribution in [0.2, 0.25) is 0 Å². The number of hydrogen-bond acceptors (Lipinski definition) is 7. The predicted molar refractivity (Wildman–Crippen MR) is 96.3 cm³/mol. The zero-order valence-electron chi connectivity index (χ0n) is 14.4. The van der Waals surface area contributed by atoms with Crippen molar-refractivity contribution < 1.29 is 23.7 Å². The molecule has 0 aliphatic carbocycles. The zero-order valence-corrected chi connectivity index (χ0v) is 14.4. The monoisotopic (exact) mass is 357 g/mol. The first-order valence-electron chi connectivity index (χ1n) is 7.87. The summed E-state index contributed by atoms with van der Waals surface area (Å²) in [5.74, 6) is 2.06. The van der Waals surface area contributed by atoms with Gasteiger partial charge in [-0.1, -0.05) is 12.1 Å². The fourth-order valence-electron chi connectivity index (χ4n) is 2.41. The van der Waals surface area contributed by atoms with Gasteiger partial charge in [-0.2, -0.15) is 5.10 Å². The van der Waals surface area contributed by atoms with E-state index in [9.17, 15) is 4.79 Å². The maximum absolute atomic E-state index is 11.9. The molecule has 3 rings (SSSR count). The van der Waals surface area contributed by atoms with E-state index in [1.807, 2.05) is 24.3 Å². The number of ether oxygens (including phenoxy) is 4. The molecule has 1 aliphatic heterocycles. The number of carbonyl (C=O) groups excluding carboxylic acids is 1. The molecule has 0 spiro atoms. The van der Waals surface area contributed by atoms with Crippen molar-refractivity contribution in [3.63, 3.8) is 0 Å². The van der Waals surface area contributed by atoms with Crippen molar-refractivity contribution in [3.8, 4) is 23.0 Å². The fraction of sp³-hybridized carbons (Fsp3) is 0.222. The molecule has 0 bridgehead atoms. The van der Waals surface area contributed by atoms with Gasteiger partial charge in [0.2, 0.25) is 12.5 Å². The Morgan fingerprint density at radius 3 is 2.81 bits per heavy atom. The Morgan fingerprint density at radius 2 is 2.00 bits per heavy atom. The lowest BCUT2D eigenvalue weighted by molar-refractivity contribution is -0.119. The molecule has 136 valence electrons. The third-order valence-electron chi connectivity index (χ3n) is 3.63. The van der Waals surface area contributed by atoms with Crippen molar-refractivity contribution in [3.05, 3.63) is 42.0 Å².